The Bertz CT molecular complexity index is 797. The Morgan fingerprint density at radius 2 is 2.00 bits per heavy atom. The zero-order chi connectivity index (χ0) is 14.1. The number of aromatic nitrogens is 1. The van der Waals surface area contributed by atoms with Gasteiger partial charge in [-0.25, -0.2) is 4.39 Å². The van der Waals surface area contributed by atoms with Crippen LogP contribution in [-0.2, 0) is 0 Å². The first-order chi connectivity index (χ1) is 9.61. The Morgan fingerprint density at radius 3 is 2.80 bits per heavy atom. The van der Waals surface area contributed by atoms with Crippen LogP contribution >= 0.6 is 15.9 Å². The van der Waals surface area contributed by atoms with Gasteiger partial charge in [-0.1, -0.05) is 22.0 Å². The van der Waals surface area contributed by atoms with E-state index in [1.54, 1.807) is 18.2 Å². The number of halogens is 2. The summed E-state index contributed by atoms with van der Waals surface area (Å²) >= 11 is 3.38. The lowest BCUT2D eigenvalue weighted by molar-refractivity contribution is 0.102. The van der Waals surface area contributed by atoms with E-state index in [4.69, 9.17) is 0 Å². The normalized spacial score (nSPS) is 10.7. The lowest BCUT2D eigenvalue weighted by Gasteiger charge is -2.03. The fraction of sp³-hybridized carbons (Fsp3) is 0. The summed E-state index contributed by atoms with van der Waals surface area (Å²) in [4.78, 5) is 15.1. The Kier molecular flexibility index (Phi) is 3.28. The maximum absolute atomic E-state index is 13.1. The Labute approximate surface area is 122 Å². The first-order valence-electron chi connectivity index (χ1n) is 5.97. The van der Waals surface area contributed by atoms with Crippen LogP contribution in [-0.4, -0.2) is 10.9 Å². The van der Waals surface area contributed by atoms with Crippen molar-refractivity contribution in [2.24, 2.45) is 0 Å². The molecule has 0 fully saturated rings. The predicted molar refractivity (Wildman–Crippen MR) is 80.4 cm³/mol. The molecule has 1 aromatic heterocycles. The number of carbonyl (C=O) groups excluding carboxylic acids is 1. The fourth-order valence-electron chi connectivity index (χ4n) is 1.99. The zero-order valence-corrected chi connectivity index (χ0v) is 11.9. The summed E-state index contributed by atoms with van der Waals surface area (Å²) in [6, 6.07) is 13.3. The fourth-order valence-corrected chi connectivity index (χ4v) is 2.37. The molecule has 20 heavy (non-hydrogen) atoms. The Balaban J connectivity index is 1.88. The lowest BCUT2D eigenvalue weighted by atomic mass is 10.2. The van der Waals surface area contributed by atoms with E-state index in [-0.39, 0.29) is 11.7 Å². The molecule has 0 unspecified atom stereocenters. The molecular formula is C15H10BrFN2O. The predicted octanol–water partition coefficient (Wildman–Crippen LogP) is 4.32. The van der Waals surface area contributed by atoms with E-state index in [9.17, 15) is 9.18 Å². The molecule has 100 valence electrons. The number of amides is 1. The van der Waals surface area contributed by atoms with Gasteiger partial charge in [0.05, 0.1) is 0 Å². The van der Waals surface area contributed by atoms with Gasteiger partial charge in [0.25, 0.3) is 5.91 Å². The number of aromatic amines is 1. The number of fused-ring (bicyclic) bond motifs is 1. The second-order valence-corrected chi connectivity index (χ2v) is 5.29. The van der Waals surface area contributed by atoms with Gasteiger partial charge in [-0.15, -0.1) is 0 Å². The molecule has 0 aliphatic carbocycles. The molecule has 0 radical (unpaired) electrons. The number of hydrogen-bond acceptors (Lipinski definition) is 1. The summed E-state index contributed by atoms with van der Waals surface area (Å²) in [6.07, 6.45) is 0. The summed E-state index contributed by atoms with van der Waals surface area (Å²) in [7, 11) is 0. The number of rotatable bonds is 2. The highest BCUT2D eigenvalue weighted by Gasteiger charge is 2.10. The quantitative estimate of drug-likeness (QED) is 0.721. The molecule has 0 spiro atoms. The maximum Gasteiger partial charge on any atom is 0.272 e. The summed E-state index contributed by atoms with van der Waals surface area (Å²) in [5.41, 5.74) is 1.73. The minimum Gasteiger partial charge on any atom is -0.351 e. The minimum absolute atomic E-state index is 0.303. The van der Waals surface area contributed by atoms with Crippen LogP contribution in [0.1, 0.15) is 10.5 Å². The topological polar surface area (TPSA) is 44.9 Å². The van der Waals surface area contributed by atoms with Gasteiger partial charge < -0.3 is 10.3 Å². The number of anilines is 1. The third-order valence-electron chi connectivity index (χ3n) is 2.91. The van der Waals surface area contributed by atoms with Crippen LogP contribution in [0, 0.1) is 5.82 Å². The second kappa shape index (κ2) is 5.09. The van der Waals surface area contributed by atoms with Gasteiger partial charge in [-0.2, -0.15) is 0 Å². The number of benzene rings is 2. The van der Waals surface area contributed by atoms with Crippen LogP contribution in [0.25, 0.3) is 10.9 Å². The van der Waals surface area contributed by atoms with Gasteiger partial charge in [0.2, 0.25) is 0 Å². The monoisotopic (exact) mass is 332 g/mol. The molecule has 0 aliphatic heterocycles. The summed E-state index contributed by atoms with van der Waals surface area (Å²) in [6.45, 7) is 0. The van der Waals surface area contributed by atoms with Crippen LogP contribution in [0.5, 0.6) is 0 Å². The zero-order valence-electron chi connectivity index (χ0n) is 10.3. The van der Waals surface area contributed by atoms with Crippen molar-refractivity contribution in [3.05, 3.63) is 64.5 Å². The summed E-state index contributed by atoms with van der Waals surface area (Å²) < 4.78 is 14.0. The molecular weight excluding hydrogens is 323 g/mol. The smallest absolute Gasteiger partial charge is 0.272 e. The second-order valence-electron chi connectivity index (χ2n) is 4.38. The van der Waals surface area contributed by atoms with E-state index in [0.717, 1.165) is 15.4 Å². The highest BCUT2D eigenvalue weighted by molar-refractivity contribution is 9.10. The number of carbonyl (C=O) groups is 1. The molecule has 1 amide bonds. The third kappa shape index (κ3) is 2.58. The molecule has 1 heterocycles. The molecule has 0 aliphatic rings. The summed E-state index contributed by atoms with van der Waals surface area (Å²) in [5.74, 6) is -0.689. The van der Waals surface area contributed by atoms with Gasteiger partial charge >= 0.3 is 0 Å². The van der Waals surface area contributed by atoms with Crippen molar-refractivity contribution in [3.63, 3.8) is 0 Å². The van der Waals surface area contributed by atoms with E-state index in [0.29, 0.717) is 11.4 Å². The van der Waals surface area contributed by atoms with Gasteiger partial charge in [0.1, 0.15) is 11.5 Å². The molecule has 3 aromatic rings. The molecule has 2 N–H and O–H groups in total. The van der Waals surface area contributed by atoms with Crippen molar-refractivity contribution in [2.75, 3.05) is 5.32 Å². The van der Waals surface area contributed by atoms with Crippen LogP contribution in [0.15, 0.2) is 53.0 Å². The molecule has 3 rings (SSSR count). The van der Waals surface area contributed by atoms with Gasteiger partial charge in [-0.3, -0.25) is 4.79 Å². The number of H-pyrrole nitrogens is 1. The first kappa shape index (κ1) is 12.9. The average Bonchev–Trinajstić information content (AvgIpc) is 2.81. The molecule has 0 bridgehead atoms. The maximum atomic E-state index is 13.1. The molecule has 2 aromatic carbocycles. The van der Waals surface area contributed by atoms with Gasteiger partial charge in [0, 0.05) is 21.1 Å². The van der Waals surface area contributed by atoms with Crippen LogP contribution < -0.4 is 5.32 Å². The van der Waals surface area contributed by atoms with Gasteiger partial charge in [-0.05, 0) is 42.5 Å². The van der Waals surface area contributed by atoms with Crippen LogP contribution in [0.3, 0.4) is 0 Å². The Morgan fingerprint density at radius 1 is 1.15 bits per heavy atom. The van der Waals surface area contributed by atoms with Crippen molar-refractivity contribution in [1.82, 2.24) is 4.98 Å². The van der Waals surface area contributed by atoms with Crippen molar-refractivity contribution >= 4 is 38.4 Å². The third-order valence-corrected chi connectivity index (χ3v) is 3.40. The van der Waals surface area contributed by atoms with E-state index < -0.39 is 0 Å². The lowest BCUT2D eigenvalue weighted by Crippen LogP contribution is -2.12. The summed E-state index contributed by atoms with van der Waals surface area (Å²) in [5, 5.41) is 3.59. The molecule has 0 atom stereocenters. The van der Waals surface area contributed by atoms with E-state index >= 15 is 0 Å². The van der Waals surface area contributed by atoms with Crippen LogP contribution in [0.4, 0.5) is 10.1 Å². The van der Waals surface area contributed by atoms with E-state index in [1.165, 1.54) is 12.1 Å². The van der Waals surface area contributed by atoms with Crippen LogP contribution in [0.2, 0.25) is 0 Å². The first-order valence-corrected chi connectivity index (χ1v) is 6.76. The average molecular weight is 333 g/mol. The molecule has 0 saturated heterocycles. The number of nitrogens with one attached hydrogen (secondary N) is 2. The molecule has 5 heteroatoms. The number of hydrogen-bond donors (Lipinski definition) is 2. The largest absolute Gasteiger partial charge is 0.351 e. The standard InChI is InChI=1S/C15H10BrFN2O/c16-10-4-5-13-9(6-10)7-14(19-13)15(20)18-12-3-1-2-11(17)8-12/h1-8,19H,(H,18,20). The minimum atomic E-state index is -0.386. The Hall–Kier alpha value is -2.14. The highest BCUT2D eigenvalue weighted by atomic mass is 79.9. The van der Waals surface area contributed by atoms with Crippen molar-refractivity contribution < 1.29 is 9.18 Å². The van der Waals surface area contributed by atoms with E-state index in [2.05, 4.69) is 26.2 Å². The molecule has 3 nitrogen and oxygen atoms in total. The van der Waals surface area contributed by atoms with Crippen molar-refractivity contribution in [3.8, 4) is 0 Å². The van der Waals surface area contributed by atoms with Crippen molar-refractivity contribution in [2.45, 2.75) is 0 Å². The van der Waals surface area contributed by atoms with Gasteiger partial charge in [0.15, 0.2) is 0 Å². The SMILES string of the molecule is O=C(Nc1cccc(F)c1)c1cc2cc(Br)ccc2[nH]1. The molecule has 0 saturated carbocycles. The highest BCUT2D eigenvalue weighted by Crippen LogP contribution is 2.21. The van der Waals surface area contributed by atoms with E-state index in [1.807, 2.05) is 18.2 Å². The van der Waals surface area contributed by atoms with Crippen molar-refractivity contribution in [1.29, 1.82) is 0 Å².